The van der Waals surface area contributed by atoms with Gasteiger partial charge in [-0.05, 0) is 34.9 Å². The summed E-state index contributed by atoms with van der Waals surface area (Å²) in [7, 11) is 0. The van der Waals surface area contributed by atoms with Gasteiger partial charge in [0.25, 0.3) is 5.91 Å². The molecule has 0 unspecified atom stereocenters. The molecular weight excluding hydrogens is 462 g/mol. The Kier molecular flexibility index (Phi) is 8.08. The molecule has 0 aliphatic carbocycles. The summed E-state index contributed by atoms with van der Waals surface area (Å²) in [6, 6.07) is 19.5. The van der Waals surface area contributed by atoms with Crippen LogP contribution in [0.3, 0.4) is 0 Å². The van der Waals surface area contributed by atoms with Crippen LogP contribution in [0.2, 0.25) is 0 Å². The number of carbonyl (C=O) groups excluding carboxylic acids is 2. The summed E-state index contributed by atoms with van der Waals surface area (Å²) < 4.78 is 27.1. The maximum Gasteiger partial charge on any atom is 0.252 e. The van der Waals surface area contributed by atoms with Gasteiger partial charge in [-0.2, -0.15) is 0 Å². The molecule has 182 valence electrons. The number of hydrogen-bond acceptors (Lipinski definition) is 4. The van der Waals surface area contributed by atoms with Crippen LogP contribution in [0.1, 0.15) is 33.7 Å². The van der Waals surface area contributed by atoms with Gasteiger partial charge in [0.15, 0.2) is 0 Å². The van der Waals surface area contributed by atoms with Crippen LogP contribution in [-0.4, -0.2) is 21.8 Å². The highest BCUT2D eigenvalue weighted by Crippen LogP contribution is 2.27. The zero-order valence-corrected chi connectivity index (χ0v) is 19.4. The monoisotopic (exact) mass is 486 g/mol. The molecule has 0 saturated carbocycles. The zero-order valence-electron chi connectivity index (χ0n) is 19.4. The van der Waals surface area contributed by atoms with E-state index in [1.807, 2.05) is 36.4 Å². The predicted molar refractivity (Wildman–Crippen MR) is 132 cm³/mol. The Morgan fingerprint density at radius 1 is 0.750 bits per heavy atom. The SMILES string of the molecule is O=C(CCc1ncccn1)NCc1ccccc1-c1ccccc1C(=O)NCc1ccc(F)cc1F. The van der Waals surface area contributed by atoms with E-state index >= 15 is 0 Å². The molecule has 0 aliphatic heterocycles. The van der Waals surface area contributed by atoms with E-state index in [-0.39, 0.29) is 31.0 Å². The Balaban J connectivity index is 1.45. The highest BCUT2D eigenvalue weighted by molar-refractivity contribution is 6.01. The first-order valence-corrected chi connectivity index (χ1v) is 11.4. The molecule has 2 amide bonds. The summed E-state index contributed by atoms with van der Waals surface area (Å²) in [5, 5.41) is 5.62. The normalized spacial score (nSPS) is 10.6. The number of carbonyl (C=O) groups is 2. The largest absolute Gasteiger partial charge is 0.352 e. The fraction of sp³-hybridized carbons (Fsp3) is 0.143. The fourth-order valence-corrected chi connectivity index (χ4v) is 3.76. The summed E-state index contributed by atoms with van der Waals surface area (Å²) >= 11 is 0. The van der Waals surface area contributed by atoms with Crippen molar-refractivity contribution >= 4 is 11.8 Å². The van der Waals surface area contributed by atoms with E-state index in [0.29, 0.717) is 23.4 Å². The second kappa shape index (κ2) is 11.8. The molecule has 0 atom stereocenters. The molecule has 4 rings (SSSR count). The minimum absolute atomic E-state index is 0.0812. The number of aromatic nitrogens is 2. The third-order valence-electron chi connectivity index (χ3n) is 5.60. The molecule has 0 saturated heterocycles. The standard InChI is InChI=1S/C28H24F2N4O2/c29-21-11-10-20(25(30)16-21)18-34-28(36)24-9-4-3-8-23(24)22-7-2-1-6-19(22)17-33-27(35)13-12-26-31-14-5-15-32-26/h1-11,14-16H,12-13,17-18H2,(H,33,35)(H,34,36). The first kappa shape index (κ1) is 24.7. The lowest BCUT2D eigenvalue weighted by Gasteiger charge is -2.15. The van der Waals surface area contributed by atoms with Crippen molar-refractivity contribution in [2.24, 2.45) is 0 Å². The van der Waals surface area contributed by atoms with Crippen LogP contribution < -0.4 is 10.6 Å². The van der Waals surface area contributed by atoms with Gasteiger partial charge in [0.2, 0.25) is 5.91 Å². The van der Waals surface area contributed by atoms with E-state index < -0.39 is 17.5 Å². The summed E-state index contributed by atoms with van der Waals surface area (Å²) in [5.74, 6) is -1.32. The number of rotatable bonds is 9. The Morgan fingerprint density at radius 3 is 2.22 bits per heavy atom. The maximum atomic E-state index is 14.0. The van der Waals surface area contributed by atoms with E-state index in [4.69, 9.17) is 0 Å². The van der Waals surface area contributed by atoms with Crippen LogP contribution in [-0.2, 0) is 24.3 Å². The number of benzene rings is 3. The van der Waals surface area contributed by atoms with Gasteiger partial charge in [-0.25, -0.2) is 18.7 Å². The minimum atomic E-state index is -0.719. The van der Waals surface area contributed by atoms with Gasteiger partial charge < -0.3 is 10.6 Å². The van der Waals surface area contributed by atoms with Crippen molar-refractivity contribution < 1.29 is 18.4 Å². The lowest BCUT2D eigenvalue weighted by molar-refractivity contribution is -0.121. The number of hydrogen-bond donors (Lipinski definition) is 2. The molecule has 3 aromatic carbocycles. The summed E-state index contributed by atoms with van der Waals surface area (Å²) in [6.07, 6.45) is 3.97. The van der Waals surface area contributed by atoms with Crippen molar-refractivity contribution in [3.05, 3.63) is 119 Å². The second-order valence-electron chi connectivity index (χ2n) is 8.06. The van der Waals surface area contributed by atoms with Gasteiger partial charge >= 0.3 is 0 Å². The molecule has 6 nitrogen and oxygen atoms in total. The van der Waals surface area contributed by atoms with Crippen molar-refractivity contribution in [3.63, 3.8) is 0 Å². The Labute approximate surface area is 207 Å². The highest BCUT2D eigenvalue weighted by Gasteiger charge is 2.16. The van der Waals surface area contributed by atoms with E-state index in [1.54, 1.807) is 30.6 Å². The Bertz CT molecular complexity index is 1360. The average molecular weight is 487 g/mol. The van der Waals surface area contributed by atoms with Crippen LogP contribution in [0.15, 0.2) is 85.2 Å². The van der Waals surface area contributed by atoms with E-state index in [1.165, 1.54) is 6.07 Å². The highest BCUT2D eigenvalue weighted by atomic mass is 19.1. The number of nitrogens with one attached hydrogen (secondary N) is 2. The summed E-state index contributed by atoms with van der Waals surface area (Å²) in [4.78, 5) is 33.6. The molecule has 0 spiro atoms. The topological polar surface area (TPSA) is 84.0 Å². The molecule has 0 fully saturated rings. The fourth-order valence-electron chi connectivity index (χ4n) is 3.76. The van der Waals surface area contributed by atoms with Crippen molar-refractivity contribution in [1.29, 1.82) is 0 Å². The van der Waals surface area contributed by atoms with Gasteiger partial charge in [0.1, 0.15) is 17.5 Å². The van der Waals surface area contributed by atoms with Gasteiger partial charge in [-0.15, -0.1) is 0 Å². The van der Waals surface area contributed by atoms with Crippen molar-refractivity contribution in [1.82, 2.24) is 20.6 Å². The minimum Gasteiger partial charge on any atom is -0.352 e. The molecule has 1 heterocycles. The van der Waals surface area contributed by atoms with Crippen LogP contribution in [0.5, 0.6) is 0 Å². The summed E-state index contributed by atoms with van der Waals surface area (Å²) in [5.41, 5.74) is 2.90. The Hall–Kier alpha value is -4.46. The van der Waals surface area contributed by atoms with Crippen molar-refractivity contribution in [3.8, 4) is 11.1 Å². The molecule has 4 aromatic rings. The quantitative estimate of drug-likeness (QED) is 0.362. The lowest BCUT2D eigenvalue weighted by atomic mass is 9.95. The van der Waals surface area contributed by atoms with E-state index in [9.17, 15) is 18.4 Å². The molecule has 0 aliphatic rings. The zero-order chi connectivity index (χ0) is 25.3. The van der Waals surface area contributed by atoms with Gasteiger partial charge in [-0.3, -0.25) is 9.59 Å². The number of halogens is 2. The Morgan fingerprint density at radius 2 is 1.44 bits per heavy atom. The lowest BCUT2D eigenvalue weighted by Crippen LogP contribution is -2.25. The van der Waals surface area contributed by atoms with Gasteiger partial charge in [0, 0.05) is 55.5 Å². The molecule has 0 radical (unpaired) electrons. The van der Waals surface area contributed by atoms with Gasteiger partial charge in [-0.1, -0.05) is 48.5 Å². The van der Waals surface area contributed by atoms with E-state index in [0.717, 1.165) is 23.3 Å². The predicted octanol–water partition coefficient (Wildman–Crippen LogP) is 4.60. The second-order valence-corrected chi connectivity index (χ2v) is 8.06. The molecular formula is C28H24F2N4O2. The first-order valence-electron chi connectivity index (χ1n) is 11.4. The molecule has 8 heteroatoms. The van der Waals surface area contributed by atoms with Crippen LogP contribution in [0, 0.1) is 11.6 Å². The summed E-state index contributed by atoms with van der Waals surface area (Å²) in [6.45, 7) is 0.198. The average Bonchev–Trinajstić information content (AvgIpc) is 2.91. The first-order chi connectivity index (χ1) is 17.5. The van der Waals surface area contributed by atoms with Crippen LogP contribution in [0.25, 0.3) is 11.1 Å². The molecule has 36 heavy (non-hydrogen) atoms. The number of nitrogens with zero attached hydrogens (tertiary/aromatic N) is 2. The number of amides is 2. The van der Waals surface area contributed by atoms with Crippen molar-refractivity contribution in [2.75, 3.05) is 0 Å². The smallest absolute Gasteiger partial charge is 0.252 e. The third kappa shape index (κ3) is 6.35. The van der Waals surface area contributed by atoms with Crippen LogP contribution >= 0.6 is 0 Å². The van der Waals surface area contributed by atoms with Crippen molar-refractivity contribution in [2.45, 2.75) is 25.9 Å². The van der Waals surface area contributed by atoms with E-state index in [2.05, 4.69) is 20.6 Å². The van der Waals surface area contributed by atoms with Gasteiger partial charge in [0.05, 0.1) is 0 Å². The molecule has 0 bridgehead atoms. The maximum absolute atomic E-state index is 14.0. The molecule has 1 aromatic heterocycles. The third-order valence-corrected chi connectivity index (χ3v) is 5.60. The van der Waals surface area contributed by atoms with Crippen LogP contribution in [0.4, 0.5) is 8.78 Å². The molecule has 2 N–H and O–H groups in total. The number of aryl methyl sites for hydroxylation is 1.